The molecule has 5 heteroatoms. The maximum Gasteiger partial charge on any atom is 0.196 e. The number of carbonyl (C=O) groups is 1. The largest absolute Gasteiger partial charge is 0.379 e. The molecule has 0 radical (unpaired) electrons. The number of aromatic nitrogens is 1. The van der Waals surface area contributed by atoms with Crippen molar-refractivity contribution in [3.05, 3.63) is 17.1 Å². The first-order valence-electron chi connectivity index (χ1n) is 4.04. The van der Waals surface area contributed by atoms with Crippen LogP contribution in [-0.2, 0) is 4.74 Å². The highest BCUT2D eigenvalue weighted by atomic mass is 32.1. The average Bonchev–Trinajstić information content (AvgIpc) is 2.73. The summed E-state index contributed by atoms with van der Waals surface area (Å²) in [6.45, 7) is 0.894. The lowest BCUT2D eigenvalue weighted by molar-refractivity contribution is 0.0867. The predicted octanol–water partition coefficient (Wildman–Crippen LogP) is 0.444. The lowest BCUT2D eigenvalue weighted by Gasteiger charge is -2.18. The van der Waals surface area contributed by atoms with E-state index in [0.29, 0.717) is 24.5 Å². The van der Waals surface area contributed by atoms with Crippen LogP contribution in [0.1, 0.15) is 16.1 Å². The molecule has 1 fully saturated rings. The maximum absolute atomic E-state index is 11.8. The molecule has 2 rings (SSSR count). The summed E-state index contributed by atoms with van der Waals surface area (Å²) in [7, 11) is 0. The molecule has 0 amide bonds. The quantitative estimate of drug-likeness (QED) is 0.700. The summed E-state index contributed by atoms with van der Waals surface area (Å²) in [6.07, 6.45) is 2.21. The third-order valence-electron chi connectivity index (χ3n) is 2.17. The van der Waals surface area contributed by atoms with Crippen molar-refractivity contribution < 1.29 is 9.53 Å². The van der Waals surface area contributed by atoms with E-state index < -0.39 is 5.54 Å². The molecule has 1 saturated heterocycles. The van der Waals surface area contributed by atoms with Gasteiger partial charge >= 0.3 is 0 Å². The molecule has 4 nitrogen and oxygen atoms in total. The minimum absolute atomic E-state index is 0.0486. The topological polar surface area (TPSA) is 65.2 Å². The van der Waals surface area contributed by atoms with Gasteiger partial charge in [-0.3, -0.25) is 4.79 Å². The highest BCUT2D eigenvalue weighted by Gasteiger charge is 2.39. The lowest BCUT2D eigenvalue weighted by Crippen LogP contribution is -2.48. The second-order valence-electron chi connectivity index (χ2n) is 3.16. The maximum atomic E-state index is 11.8. The molecule has 2 heterocycles. The second-order valence-corrected chi connectivity index (χ2v) is 4.00. The fourth-order valence-electron chi connectivity index (χ4n) is 1.34. The van der Waals surface area contributed by atoms with E-state index in [4.69, 9.17) is 10.5 Å². The van der Waals surface area contributed by atoms with Crippen LogP contribution < -0.4 is 5.73 Å². The van der Waals surface area contributed by atoms with Crippen LogP contribution in [0, 0.1) is 0 Å². The van der Waals surface area contributed by atoms with Gasteiger partial charge in [0.15, 0.2) is 5.78 Å². The molecule has 1 unspecified atom stereocenters. The monoisotopic (exact) mass is 198 g/mol. The van der Waals surface area contributed by atoms with Crippen molar-refractivity contribution in [2.75, 3.05) is 13.2 Å². The standard InChI is InChI=1S/C8H10N2O2S/c9-8(2-4-12-5-8)7(11)6-1-3-10-13-6/h1,3H,2,4-5,9H2. The number of carbonyl (C=O) groups excluding carboxylic acids is 1. The van der Waals surface area contributed by atoms with Crippen LogP contribution in [0.5, 0.6) is 0 Å². The Morgan fingerprint density at radius 3 is 3.15 bits per heavy atom. The van der Waals surface area contributed by atoms with E-state index in [9.17, 15) is 4.79 Å². The van der Waals surface area contributed by atoms with Gasteiger partial charge in [0.2, 0.25) is 0 Å². The van der Waals surface area contributed by atoms with Gasteiger partial charge in [-0.15, -0.1) is 0 Å². The fourth-order valence-corrected chi connectivity index (χ4v) is 1.98. The number of hydrogen-bond donors (Lipinski definition) is 1. The molecule has 1 aliphatic rings. The summed E-state index contributed by atoms with van der Waals surface area (Å²) >= 11 is 1.18. The number of ketones is 1. The molecule has 0 aliphatic carbocycles. The molecule has 0 spiro atoms. The zero-order valence-corrected chi connectivity index (χ0v) is 7.84. The van der Waals surface area contributed by atoms with E-state index in [1.54, 1.807) is 12.3 Å². The van der Waals surface area contributed by atoms with Crippen LogP contribution in [-0.4, -0.2) is 28.9 Å². The Morgan fingerprint density at radius 2 is 2.62 bits per heavy atom. The number of hydrogen-bond acceptors (Lipinski definition) is 5. The third kappa shape index (κ3) is 1.50. The Labute approximate surface area is 79.9 Å². The molecule has 70 valence electrons. The summed E-state index contributed by atoms with van der Waals surface area (Å²) in [5.41, 5.74) is 5.09. The molecule has 2 N–H and O–H groups in total. The molecular formula is C8H10N2O2S. The molecule has 1 aromatic heterocycles. The van der Waals surface area contributed by atoms with Crippen molar-refractivity contribution in [2.24, 2.45) is 5.73 Å². The van der Waals surface area contributed by atoms with Gasteiger partial charge in [-0.05, 0) is 24.0 Å². The summed E-state index contributed by atoms with van der Waals surface area (Å²) in [5.74, 6) is -0.0486. The smallest absolute Gasteiger partial charge is 0.196 e. The first-order valence-corrected chi connectivity index (χ1v) is 4.82. The Hall–Kier alpha value is -0.780. The van der Waals surface area contributed by atoms with Gasteiger partial charge in [0, 0.05) is 12.8 Å². The first-order chi connectivity index (χ1) is 6.22. The molecule has 13 heavy (non-hydrogen) atoms. The van der Waals surface area contributed by atoms with Gasteiger partial charge in [0.1, 0.15) is 5.54 Å². The Balaban J connectivity index is 2.21. The molecule has 1 atom stereocenters. The van der Waals surface area contributed by atoms with Gasteiger partial charge < -0.3 is 10.5 Å². The van der Waals surface area contributed by atoms with Crippen molar-refractivity contribution >= 4 is 17.3 Å². The van der Waals surface area contributed by atoms with E-state index in [-0.39, 0.29) is 5.78 Å². The van der Waals surface area contributed by atoms with E-state index in [1.807, 2.05) is 0 Å². The van der Waals surface area contributed by atoms with Crippen molar-refractivity contribution in [1.82, 2.24) is 4.37 Å². The first kappa shape index (κ1) is 8.80. The molecule has 1 aliphatic heterocycles. The van der Waals surface area contributed by atoms with E-state index in [2.05, 4.69) is 4.37 Å². The van der Waals surface area contributed by atoms with E-state index in [1.165, 1.54) is 11.5 Å². The molecule has 0 bridgehead atoms. The molecule has 1 aromatic rings. The number of ether oxygens (including phenoxy) is 1. The number of Topliss-reactive ketones (excluding diaryl/α,β-unsaturated/α-hetero) is 1. The van der Waals surface area contributed by atoms with Crippen molar-refractivity contribution in [3.63, 3.8) is 0 Å². The van der Waals surface area contributed by atoms with Crippen LogP contribution in [0.2, 0.25) is 0 Å². The second kappa shape index (κ2) is 3.17. The van der Waals surface area contributed by atoms with Crippen LogP contribution >= 0.6 is 11.5 Å². The normalized spacial score (nSPS) is 27.8. The van der Waals surface area contributed by atoms with Gasteiger partial charge in [-0.1, -0.05) is 0 Å². The van der Waals surface area contributed by atoms with E-state index in [0.717, 1.165) is 0 Å². The zero-order chi connectivity index (χ0) is 9.31. The predicted molar refractivity (Wildman–Crippen MR) is 48.8 cm³/mol. The summed E-state index contributed by atoms with van der Waals surface area (Å²) in [4.78, 5) is 12.4. The van der Waals surface area contributed by atoms with Crippen LogP contribution in [0.4, 0.5) is 0 Å². The minimum Gasteiger partial charge on any atom is -0.379 e. The SMILES string of the molecule is NC1(C(=O)c2ccns2)CCOC1. The Morgan fingerprint density at radius 1 is 1.77 bits per heavy atom. The molecular weight excluding hydrogens is 188 g/mol. The summed E-state index contributed by atoms with van der Waals surface area (Å²) in [6, 6.07) is 1.69. The van der Waals surface area contributed by atoms with Crippen molar-refractivity contribution in [3.8, 4) is 0 Å². The van der Waals surface area contributed by atoms with Gasteiger partial charge in [0.05, 0.1) is 11.5 Å². The number of rotatable bonds is 2. The number of nitrogens with zero attached hydrogens (tertiary/aromatic N) is 1. The van der Waals surface area contributed by atoms with Crippen LogP contribution in [0.15, 0.2) is 12.3 Å². The van der Waals surface area contributed by atoms with Crippen LogP contribution in [0.25, 0.3) is 0 Å². The molecule has 0 aromatic carbocycles. The van der Waals surface area contributed by atoms with Gasteiger partial charge in [0.25, 0.3) is 0 Å². The summed E-state index contributed by atoms with van der Waals surface area (Å²) < 4.78 is 8.99. The summed E-state index contributed by atoms with van der Waals surface area (Å²) in [5, 5.41) is 0. The van der Waals surface area contributed by atoms with Crippen LogP contribution in [0.3, 0.4) is 0 Å². The molecule has 0 saturated carbocycles. The average molecular weight is 198 g/mol. The fraction of sp³-hybridized carbons (Fsp3) is 0.500. The van der Waals surface area contributed by atoms with Crippen molar-refractivity contribution in [2.45, 2.75) is 12.0 Å². The van der Waals surface area contributed by atoms with Gasteiger partial charge in [-0.25, -0.2) is 4.37 Å². The van der Waals surface area contributed by atoms with Gasteiger partial charge in [-0.2, -0.15) is 0 Å². The Bertz CT molecular complexity index is 304. The number of nitrogens with two attached hydrogens (primary N) is 1. The third-order valence-corrected chi connectivity index (χ3v) is 2.91. The van der Waals surface area contributed by atoms with E-state index >= 15 is 0 Å². The highest BCUT2D eigenvalue weighted by molar-refractivity contribution is 7.08. The van der Waals surface area contributed by atoms with Crippen molar-refractivity contribution in [1.29, 1.82) is 0 Å². The zero-order valence-electron chi connectivity index (χ0n) is 7.03. The lowest BCUT2D eigenvalue weighted by atomic mass is 9.93. The minimum atomic E-state index is -0.813. The highest BCUT2D eigenvalue weighted by Crippen LogP contribution is 2.22. The Kier molecular flexibility index (Phi) is 2.15.